The van der Waals surface area contributed by atoms with E-state index < -0.39 is 5.91 Å². The van der Waals surface area contributed by atoms with Crippen LogP contribution in [-0.2, 0) is 12.0 Å². The molecule has 0 spiro atoms. The highest BCUT2D eigenvalue weighted by Crippen LogP contribution is 2.22. The molecular weight excluding hydrogens is 346 g/mol. The normalized spacial score (nSPS) is 12.3. The first-order valence-electron chi connectivity index (χ1n) is 8.55. The Balaban J connectivity index is 2.57. The van der Waals surface area contributed by atoms with E-state index in [4.69, 9.17) is 10.00 Å². The molecule has 0 saturated carbocycles. The molecule has 0 aliphatic heterocycles. The van der Waals surface area contributed by atoms with Crippen LogP contribution in [0.15, 0.2) is 29.4 Å². The monoisotopic (exact) mass is 371 g/mol. The Morgan fingerprint density at radius 3 is 2.62 bits per heavy atom. The lowest BCUT2D eigenvalue weighted by Crippen LogP contribution is -2.18. The number of nitrogens with zero attached hydrogens (tertiary/aromatic N) is 3. The number of benzene rings is 1. The molecule has 0 unspecified atom stereocenters. The summed E-state index contributed by atoms with van der Waals surface area (Å²) in [6.45, 7) is 10.6. The molecule has 2 aromatic rings. The topological polar surface area (TPSA) is 67.4 Å². The molecule has 1 aromatic carbocycles. The second kappa shape index (κ2) is 7.88. The number of nitriles is 1. The number of methoxy groups -OCH3 is 1. The van der Waals surface area contributed by atoms with E-state index in [9.17, 15) is 4.79 Å². The number of carbonyl (C=O) groups is 1. The average molecular weight is 372 g/mol. The van der Waals surface area contributed by atoms with E-state index in [2.05, 4.69) is 49.8 Å². The largest absolute Gasteiger partial charge is 0.496 e. The molecule has 2 rings (SSSR count). The van der Waals surface area contributed by atoms with Crippen molar-refractivity contribution in [1.82, 2.24) is 3.96 Å². The van der Waals surface area contributed by atoms with Crippen LogP contribution in [0.4, 0.5) is 0 Å². The quantitative estimate of drug-likeness (QED) is 0.812. The van der Waals surface area contributed by atoms with Gasteiger partial charge in [0.15, 0.2) is 0 Å². The third-order valence-electron chi connectivity index (χ3n) is 3.78. The lowest BCUT2D eigenvalue weighted by molar-refractivity contribution is 0.0996. The van der Waals surface area contributed by atoms with Crippen molar-refractivity contribution in [3.63, 3.8) is 0 Å². The van der Waals surface area contributed by atoms with Gasteiger partial charge in [0.05, 0.1) is 24.3 Å². The highest BCUT2D eigenvalue weighted by atomic mass is 32.1. The summed E-state index contributed by atoms with van der Waals surface area (Å²) in [5.74, 6) is 0.480. The van der Waals surface area contributed by atoms with Crippen LogP contribution < -0.4 is 9.41 Å². The minimum atomic E-state index is -0.396. The molecule has 1 amide bonds. The summed E-state index contributed by atoms with van der Waals surface area (Å²) in [5, 5.41) is 9.10. The Labute approximate surface area is 158 Å². The fourth-order valence-electron chi connectivity index (χ4n) is 2.47. The minimum absolute atomic E-state index is 0.0777. The Morgan fingerprint density at radius 2 is 2.08 bits per heavy atom. The SMILES string of the molecule is COc1ccc(C#N)cc1C(=O)N=c1sn(C(C)(C)C)cc1CC(C)C. The van der Waals surface area contributed by atoms with E-state index in [-0.39, 0.29) is 5.54 Å². The zero-order valence-corrected chi connectivity index (χ0v) is 17.0. The predicted octanol–water partition coefficient (Wildman–Crippen LogP) is 4.12. The van der Waals surface area contributed by atoms with Gasteiger partial charge in [-0.25, -0.2) is 0 Å². The van der Waals surface area contributed by atoms with Crippen molar-refractivity contribution in [2.75, 3.05) is 7.11 Å². The molecule has 0 radical (unpaired) electrons. The summed E-state index contributed by atoms with van der Waals surface area (Å²) in [6, 6.07) is 6.82. The predicted molar refractivity (Wildman–Crippen MR) is 103 cm³/mol. The first kappa shape index (κ1) is 19.9. The van der Waals surface area contributed by atoms with Crippen LogP contribution in [0.25, 0.3) is 0 Å². The van der Waals surface area contributed by atoms with Gasteiger partial charge < -0.3 is 4.74 Å². The molecule has 0 saturated heterocycles. The van der Waals surface area contributed by atoms with Crippen molar-refractivity contribution < 1.29 is 9.53 Å². The molecule has 0 atom stereocenters. The van der Waals surface area contributed by atoms with Crippen LogP contribution in [0.2, 0.25) is 0 Å². The van der Waals surface area contributed by atoms with Gasteiger partial charge >= 0.3 is 0 Å². The van der Waals surface area contributed by atoms with Crippen LogP contribution in [-0.4, -0.2) is 17.0 Å². The van der Waals surface area contributed by atoms with E-state index in [1.54, 1.807) is 12.1 Å². The van der Waals surface area contributed by atoms with Crippen molar-refractivity contribution in [2.45, 2.75) is 46.6 Å². The zero-order chi connectivity index (χ0) is 19.5. The first-order valence-corrected chi connectivity index (χ1v) is 9.32. The summed E-state index contributed by atoms with van der Waals surface area (Å²) < 4.78 is 8.10. The molecule has 26 heavy (non-hydrogen) atoms. The smallest absolute Gasteiger partial charge is 0.282 e. The van der Waals surface area contributed by atoms with Gasteiger partial charge in [0.25, 0.3) is 5.91 Å². The van der Waals surface area contributed by atoms with Crippen LogP contribution >= 0.6 is 11.5 Å². The van der Waals surface area contributed by atoms with Crippen molar-refractivity contribution in [1.29, 1.82) is 5.26 Å². The van der Waals surface area contributed by atoms with Gasteiger partial charge in [-0.3, -0.25) is 8.75 Å². The molecule has 0 aliphatic carbocycles. The summed E-state index contributed by atoms with van der Waals surface area (Å²) in [4.78, 5) is 17.2. The van der Waals surface area contributed by atoms with Crippen molar-refractivity contribution in [2.24, 2.45) is 10.9 Å². The van der Waals surface area contributed by atoms with Gasteiger partial charge in [-0.2, -0.15) is 10.3 Å². The number of hydrogen-bond acceptors (Lipinski definition) is 4. The minimum Gasteiger partial charge on any atom is -0.496 e. The molecule has 0 N–H and O–H groups in total. The Morgan fingerprint density at radius 1 is 1.38 bits per heavy atom. The van der Waals surface area contributed by atoms with Gasteiger partial charge in [-0.1, -0.05) is 13.8 Å². The van der Waals surface area contributed by atoms with Crippen molar-refractivity contribution in [3.8, 4) is 11.8 Å². The maximum Gasteiger partial charge on any atom is 0.282 e. The lowest BCUT2D eigenvalue weighted by atomic mass is 10.1. The fourth-order valence-corrected chi connectivity index (χ4v) is 3.49. The number of ether oxygens (including phenoxy) is 1. The number of carbonyl (C=O) groups excluding carboxylic acids is 1. The van der Waals surface area contributed by atoms with Gasteiger partial charge in [0.2, 0.25) is 0 Å². The molecule has 0 aliphatic rings. The molecule has 0 fully saturated rings. The van der Waals surface area contributed by atoms with E-state index in [0.717, 1.165) is 12.0 Å². The van der Waals surface area contributed by atoms with E-state index in [0.29, 0.717) is 27.5 Å². The Kier molecular flexibility index (Phi) is 6.04. The van der Waals surface area contributed by atoms with Gasteiger partial charge in [-0.05, 0) is 62.8 Å². The molecule has 1 heterocycles. The summed E-state index contributed by atoms with van der Waals surface area (Å²) in [5.41, 5.74) is 1.69. The second-order valence-corrected chi connectivity index (χ2v) is 8.55. The van der Waals surface area contributed by atoms with Crippen molar-refractivity contribution >= 4 is 17.4 Å². The highest BCUT2D eigenvalue weighted by Gasteiger charge is 2.18. The van der Waals surface area contributed by atoms with E-state index in [1.165, 1.54) is 24.7 Å². The van der Waals surface area contributed by atoms with E-state index in [1.807, 2.05) is 6.07 Å². The van der Waals surface area contributed by atoms with Gasteiger partial charge in [0, 0.05) is 17.3 Å². The second-order valence-electron chi connectivity index (χ2n) is 7.59. The van der Waals surface area contributed by atoms with Crippen LogP contribution in [0.5, 0.6) is 5.75 Å². The number of aromatic nitrogens is 1. The standard InChI is InChI=1S/C20H25N3O2S/c1-13(2)9-15-12-23(20(3,4)5)26-19(15)22-18(24)16-10-14(11-21)7-8-17(16)25-6/h7-8,10,12-13H,9H2,1-6H3. The van der Waals surface area contributed by atoms with Crippen LogP contribution in [0.3, 0.4) is 0 Å². The van der Waals surface area contributed by atoms with Gasteiger partial charge in [0.1, 0.15) is 10.4 Å². The highest BCUT2D eigenvalue weighted by molar-refractivity contribution is 7.04. The average Bonchev–Trinajstić information content (AvgIpc) is 2.96. The van der Waals surface area contributed by atoms with Gasteiger partial charge in [-0.15, -0.1) is 0 Å². The summed E-state index contributed by atoms with van der Waals surface area (Å²) >= 11 is 1.48. The third-order valence-corrected chi connectivity index (χ3v) is 5.16. The zero-order valence-electron chi connectivity index (χ0n) is 16.2. The van der Waals surface area contributed by atoms with Crippen molar-refractivity contribution in [3.05, 3.63) is 45.8 Å². The molecular formula is C20H25N3O2S. The summed E-state index contributed by atoms with van der Waals surface area (Å²) in [6.07, 6.45) is 2.93. The summed E-state index contributed by atoms with van der Waals surface area (Å²) in [7, 11) is 1.50. The first-order chi connectivity index (χ1) is 12.2. The number of rotatable bonds is 4. The maximum absolute atomic E-state index is 12.8. The lowest BCUT2D eigenvalue weighted by Gasteiger charge is -2.19. The maximum atomic E-state index is 12.8. The Hall–Kier alpha value is -2.39. The molecule has 0 bridgehead atoms. The molecule has 1 aromatic heterocycles. The molecule has 5 nitrogen and oxygen atoms in total. The Bertz CT molecular complexity index is 908. The molecule has 6 heteroatoms. The van der Waals surface area contributed by atoms with Crippen LogP contribution in [0.1, 0.15) is 56.1 Å². The van der Waals surface area contributed by atoms with Crippen LogP contribution in [0, 0.1) is 17.2 Å². The number of amides is 1. The number of hydrogen-bond donors (Lipinski definition) is 0. The fraction of sp³-hybridized carbons (Fsp3) is 0.450. The van der Waals surface area contributed by atoms with E-state index >= 15 is 0 Å². The third kappa shape index (κ3) is 4.61. The molecule has 138 valence electrons.